The molecule has 0 bridgehead atoms. The molecule has 7 heteroatoms. The second-order valence-corrected chi connectivity index (χ2v) is 3.68. The number of pyridine rings is 1. The summed E-state index contributed by atoms with van der Waals surface area (Å²) in [5, 5.41) is 0. The molecule has 0 spiro atoms. The van der Waals surface area contributed by atoms with Gasteiger partial charge in [-0.1, -0.05) is 0 Å². The van der Waals surface area contributed by atoms with Crippen LogP contribution in [0, 0.1) is 0 Å². The van der Waals surface area contributed by atoms with Crippen molar-refractivity contribution in [3.63, 3.8) is 0 Å². The summed E-state index contributed by atoms with van der Waals surface area (Å²) in [7, 11) is 4.32. The summed E-state index contributed by atoms with van der Waals surface area (Å²) in [6.07, 6.45) is 4.30. The van der Waals surface area contributed by atoms with Crippen molar-refractivity contribution < 1.29 is 19.0 Å². The highest BCUT2D eigenvalue weighted by Crippen LogP contribution is 2.24. The SMILES string of the molecule is COc1cnc(C(=O)c2ccncc2OC)c(OC)n1. The van der Waals surface area contributed by atoms with Crippen LogP contribution in [0.15, 0.2) is 24.7 Å². The van der Waals surface area contributed by atoms with Gasteiger partial charge in [-0.25, -0.2) is 4.98 Å². The van der Waals surface area contributed by atoms with Crippen molar-refractivity contribution in [1.29, 1.82) is 0 Å². The average Bonchev–Trinajstić information content (AvgIpc) is 2.53. The zero-order valence-electron chi connectivity index (χ0n) is 11.3. The van der Waals surface area contributed by atoms with Crippen molar-refractivity contribution in [2.24, 2.45) is 0 Å². The molecule has 0 aromatic carbocycles. The van der Waals surface area contributed by atoms with Crippen molar-refractivity contribution in [2.75, 3.05) is 21.3 Å². The first-order valence-corrected chi connectivity index (χ1v) is 5.69. The second-order valence-electron chi connectivity index (χ2n) is 3.68. The van der Waals surface area contributed by atoms with Gasteiger partial charge in [-0.15, -0.1) is 0 Å². The van der Waals surface area contributed by atoms with Crippen LogP contribution < -0.4 is 14.2 Å². The quantitative estimate of drug-likeness (QED) is 0.756. The van der Waals surface area contributed by atoms with E-state index in [2.05, 4.69) is 15.0 Å². The van der Waals surface area contributed by atoms with Gasteiger partial charge in [0.25, 0.3) is 0 Å². The summed E-state index contributed by atoms with van der Waals surface area (Å²) < 4.78 is 15.1. The average molecular weight is 275 g/mol. The van der Waals surface area contributed by atoms with Crippen molar-refractivity contribution in [2.45, 2.75) is 0 Å². The Kier molecular flexibility index (Phi) is 4.09. The molecule has 0 saturated carbocycles. The van der Waals surface area contributed by atoms with Gasteiger partial charge in [0.1, 0.15) is 5.75 Å². The summed E-state index contributed by atoms with van der Waals surface area (Å²) in [5.41, 5.74) is 0.415. The van der Waals surface area contributed by atoms with E-state index in [1.54, 1.807) is 6.07 Å². The van der Waals surface area contributed by atoms with Crippen LogP contribution in [0.5, 0.6) is 17.5 Å². The van der Waals surface area contributed by atoms with Gasteiger partial charge in [0, 0.05) is 6.20 Å². The fourth-order valence-electron chi connectivity index (χ4n) is 1.61. The third-order valence-electron chi connectivity index (χ3n) is 2.59. The standard InChI is InChI=1S/C13H13N3O4/c1-18-9-6-14-5-4-8(9)12(17)11-13(20-3)16-10(19-2)7-15-11/h4-7H,1-3H3. The lowest BCUT2D eigenvalue weighted by Gasteiger charge is -2.09. The number of aromatic nitrogens is 3. The van der Waals surface area contributed by atoms with E-state index in [4.69, 9.17) is 14.2 Å². The molecular formula is C13H13N3O4. The molecule has 0 fully saturated rings. The third-order valence-corrected chi connectivity index (χ3v) is 2.59. The normalized spacial score (nSPS) is 9.95. The minimum atomic E-state index is -0.365. The number of hydrogen-bond donors (Lipinski definition) is 0. The van der Waals surface area contributed by atoms with Crippen LogP contribution in [0.4, 0.5) is 0 Å². The zero-order chi connectivity index (χ0) is 14.5. The molecule has 104 valence electrons. The summed E-state index contributed by atoms with van der Waals surface area (Å²) in [6.45, 7) is 0. The first kappa shape index (κ1) is 13.7. The van der Waals surface area contributed by atoms with Crippen molar-refractivity contribution >= 4 is 5.78 Å². The van der Waals surface area contributed by atoms with E-state index >= 15 is 0 Å². The van der Waals surface area contributed by atoms with Gasteiger partial charge in [0.2, 0.25) is 17.5 Å². The molecule has 2 aromatic rings. The zero-order valence-corrected chi connectivity index (χ0v) is 11.3. The van der Waals surface area contributed by atoms with Gasteiger partial charge in [0.05, 0.1) is 39.3 Å². The predicted molar refractivity (Wildman–Crippen MR) is 69.4 cm³/mol. The van der Waals surface area contributed by atoms with Gasteiger partial charge in [-0.05, 0) is 6.07 Å². The predicted octanol–water partition coefficient (Wildman–Crippen LogP) is 1.13. The molecule has 0 amide bonds. The van der Waals surface area contributed by atoms with Crippen LogP contribution in [0.2, 0.25) is 0 Å². The molecule has 0 atom stereocenters. The summed E-state index contributed by atoms with van der Waals surface area (Å²) >= 11 is 0. The van der Waals surface area contributed by atoms with Crippen LogP contribution in [0.25, 0.3) is 0 Å². The minimum Gasteiger partial charge on any atom is -0.494 e. The van der Waals surface area contributed by atoms with E-state index < -0.39 is 0 Å². The molecule has 2 heterocycles. The molecule has 0 aliphatic heterocycles. The van der Waals surface area contributed by atoms with Gasteiger partial charge in [-0.3, -0.25) is 9.78 Å². The highest BCUT2D eigenvalue weighted by atomic mass is 16.5. The smallest absolute Gasteiger partial charge is 0.247 e. The number of carbonyl (C=O) groups is 1. The Labute approximate surface area is 115 Å². The molecule has 20 heavy (non-hydrogen) atoms. The van der Waals surface area contributed by atoms with E-state index in [0.29, 0.717) is 11.3 Å². The number of carbonyl (C=O) groups excluding carboxylic acids is 1. The molecule has 0 saturated heterocycles. The summed E-state index contributed by atoms with van der Waals surface area (Å²) in [5.74, 6) is 0.349. The highest BCUT2D eigenvalue weighted by Gasteiger charge is 2.21. The number of nitrogens with zero attached hydrogens (tertiary/aromatic N) is 3. The van der Waals surface area contributed by atoms with E-state index in [1.165, 1.54) is 39.9 Å². The second kappa shape index (κ2) is 5.96. The van der Waals surface area contributed by atoms with E-state index in [-0.39, 0.29) is 23.2 Å². The van der Waals surface area contributed by atoms with E-state index in [0.717, 1.165) is 0 Å². The van der Waals surface area contributed by atoms with Crippen LogP contribution in [0.3, 0.4) is 0 Å². The summed E-state index contributed by atoms with van der Waals surface area (Å²) in [4.78, 5) is 24.4. The molecule has 2 aromatic heterocycles. The van der Waals surface area contributed by atoms with Gasteiger partial charge in [-0.2, -0.15) is 4.98 Å². The van der Waals surface area contributed by atoms with Crippen molar-refractivity contribution in [3.05, 3.63) is 35.9 Å². The maximum atomic E-state index is 12.5. The number of hydrogen-bond acceptors (Lipinski definition) is 7. The lowest BCUT2D eigenvalue weighted by atomic mass is 10.1. The van der Waals surface area contributed by atoms with E-state index in [9.17, 15) is 4.79 Å². The van der Waals surface area contributed by atoms with Crippen molar-refractivity contribution in [1.82, 2.24) is 15.0 Å². The monoisotopic (exact) mass is 275 g/mol. The lowest BCUT2D eigenvalue weighted by Crippen LogP contribution is -2.10. The van der Waals surface area contributed by atoms with Crippen molar-refractivity contribution in [3.8, 4) is 17.5 Å². The Hall–Kier alpha value is -2.70. The first-order chi connectivity index (χ1) is 9.71. The number of rotatable bonds is 5. The minimum absolute atomic E-state index is 0.0813. The Morgan fingerprint density at radius 3 is 2.55 bits per heavy atom. The third kappa shape index (κ3) is 2.51. The Balaban J connectivity index is 2.48. The van der Waals surface area contributed by atoms with Gasteiger partial charge < -0.3 is 14.2 Å². The molecule has 0 aliphatic rings. The largest absolute Gasteiger partial charge is 0.494 e. The van der Waals surface area contributed by atoms with Crippen LogP contribution in [-0.4, -0.2) is 42.1 Å². The number of methoxy groups -OCH3 is 3. The molecule has 7 nitrogen and oxygen atoms in total. The molecule has 0 unspecified atom stereocenters. The molecule has 2 rings (SSSR count). The summed E-state index contributed by atoms with van der Waals surface area (Å²) in [6, 6.07) is 1.55. The number of ketones is 1. The fraction of sp³-hybridized carbons (Fsp3) is 0.231. The lowest BCUT2D eigenvalue weighted by molar-refractivity contribution is 0.102. The number of ether oxygens (including phenoxy) is 3. The molecule has 0 radical (unpaired) electrons. The highest BCUT2D eigenvalue weighted by molar-refractivity contribution is 6.10. The maximum Gasteiger partial charge on any atom is 0.247 e. The molecular weight excluding hydrogens is 262 g/mol. The van der Waals surface area contributed by atoms with Crippen LogP contribution >= 0.6 is 0 Å². The van der Waals surface area contributed by atoms with Crippen LogP contribution in [-0.2, 0) is 0 Å². The Morgan fingerprint density at radius 1 is 1.10 bits per heavy atom. The van der Waals surface area contributed by atoms with Gasteiger partial charge in [0.15, 0.2) is 5.69 Å². The topological polar surface area (TPSA) is 83.4 Å². The van der Waals surface area contributed by atoms with E-state index in [1.807, 2.05) is 0 Å². The Bertz CT molecular complexity index is 631. The first-order valence-electron chi connectivity index (χ1n) is 5.69. The Morgan fingerprint density at radius 2 is 1.90 bits per heavy atom. The maximum absolute atomic E-state index is 12.5. The fourth-order valence-corrected chi connectivity index (χ4v) is 1.61. The van der Waals surface area contributed by atoms with Gasteiger partial charge >= 0.3 is 0 Å². The molecule has 0 aliphatic carbocycles. The van der Waals surface area contributed by atoms with Crippen LogP contribution in [0.1, 0.15) is 16.1 Å². The molecule has 0 N–H and O–H groups in total.